The maximum Gasteiger partial charge on any atom is 0.256 e. The molecule has 0 saturated carbocycles. The number of unbranched alkanes of at least 4 members (excludes halogenated alkanes) is 1. The smallest absolute Gasteiger partial charge is 0.256 e. The van der Waals surface area contributed by atoms with Gasteiger partial charge in [0, 0.05) is 44.6 Å². The lowest BCUT2D eigenvalue weighted by atomic mass is 10.0. The molecule has 198 valence electrons. The molecule has 2 fully saturated rings. The van der Waals surface area contributed by atoms with Gasteiger partial charge in [0.2, 0.25) is 0 Å². The molecule has 2 saturated heterocycles. The van der Waals surface area contributed by atoms with E-state index in [-0.39, 0.29) is 17.8 Å². The summed E-state index contributed by atoms with van der Waals surface area (Å²) in [4.78, 5) is 24.6. The summed E-state index contributed by atoms with van der Waals surface area (Å²) in [6.07, 6.45) is 6.06. The molecular formula is C31H35FN4O2. The number of carbonyl (C=O) groups is 1. The van der Waals surface area contributed by atoms with Crippen LogP contribution in [0.2, 0.25) is 0 Å². The van der Waals surface area contributed by atoms with Gasteiger partial charge in [-0.25, -0.2) is 4.39 Å². The van der Waals surface area contributed by atoms with Crippen LogP contribution in [-0.2, 0) is 0 Å². The minimum absolute atomic E-state index is 0.0942. The number of hydrogen-bond donors (Lipinski definition) is 0. The topological polar surface area (TPSA) is 48.4 Å². The van der Waals surface area contributed by atoms with Crippen molar-refractivity contribution in [2.45, 2.75) is 38.6 Å². The van der Waals surface area contributed by atoms with Crippen LogP contribution >= 0.6 is 0 Å². The molecule has 3 aromatic carbocycles. The summed E-state index contributed by atoms with van der Waals surface area (Å²) < 4.78 is 19.4. The van der Waals surface area contributed by atoms with Crippen molar-refractivity contribution in [2.24, 2.45) is 4.99 Å². The Labute approximate surface area is 223 Å². The van der Waals surface area contributed by atoms with Crippen molar-refractivity contribution in [3.8, 4) is 5.75 Å². The predicted octanol–water partition coefficient (Wildman–Crippen LogP) is 5.59. The molecule has 6 rings (SSSR count). The van der Waals surface area contributed by atoms with Gasteiger partial charge >= 0.3 is 0 Å². The number of aryl methyl sites for hydroxylation is 1. The van der Waals surface area contributed by atoms with Crippen molar-refractivity contribution < 1.29 is 13.9 Å². The quantitative estimate of drug-likeness (QED) is 0.386. The second-order valence-corrected chi connectivity index (χ2v) is 10.7. The zero-order valence-electron chi connectivity index (χ0n) is 22.0. The van der Waals surface area contributed by atoms with Crippen molar-refractivity contribution in [3.05, 3.63) is 65.5 Å². The number of nitrogens with zero attached hydrogens (tertiary/aromatic N) is 4. The average Bonchev–Trinajstić information content (AvgIpc) is 3.36. The van der Waals surface area contributed by atoms with Crippen LogP contribution in [0.25, 0.3) is 10.8 Å². The molecule has 1 amide bonds. The van der Waals surface area contributed by atoms with E-state index in [4.69, 9.17) is 4.74 Å². The number of piperazine rings is 1. The molecular weight excluding hydrogens is 479 g/mol. The third-order valence-electron chi connectivity index (χ3n) is 8.12. The fourth-order valence-electron chi connectivity index (χ4n) is 5.89. The first-order chi connectivity index (χ1) is 18.5. The monoisotopic (exact) mass is 514 g/mol. The van der Waals surface area contributed by atoms with Crippen LogP contribution in [0.5, 0.6) is 5.75 Å². The van der Waals surface area contributed by atoms with Crippen molar-refractivity contribution in [3.63, 3.8) is 0 Å². The zero-order chi connectivity index (χ0) is 26.1. The van der Waals surface area contributed by atoms with Gasteiger partial charge in [0.25, 0.3) is 5.91 Å². The second kappa shape index (κ2) is 10.7. The van der Waals surface area contributed by atoms with Crippen LogP contribution in [0.4, 0.5) is 15.8 Å². The highest BCUT2D eigenvalue weighted by atomic mass is 19.1. The van der Waals surface area contributed by atoms with Crippen LogP contribution < -0.4 is 9.64 Å². The third-order valence-corrected chi connectivity index (χ3v) is 8.12. The maximum absolute atomic E-state index is 13.2. The van der Waals surface area contributed by atoms with Crippen molar-refractivity contribution in [2.75, 3.05) is 50.8 Å². The van der Waals surface area contributed by atoms with E-state index in [1.165, 1.54) is 12.1 Å². The van der Waals surface area contributed by atoms with Gasteiger partial charge in [0.1, 0.15) is 11.6 Å². The summed E-state index contributed by atoms with van der Waals surface area (Å²) >= 11 is 0. The molecule has 3 aromatic rings. The predicted molar refractivity (Wildman–Crippen MR) is 151 cm³/mol. The Morgan fingerprint density at radius 3 is 2.58 bits per heavy atom. The lowest BCUT2D eigenvalue weighted by Gasteiger charge is -2.36. The number of hydrogen-bond acceptors (Lipinski definition) is 5. The van der Waals surface area contributed by atoms with E-state index in [2.05, 4.69) is 33.8 Å². The number of halogens is 1. The molecule has 6 nitrogen and oxygen atoms in total. The van der Waals surface area contributed by atoms with Gasteiger partial charge in [0.05, 0.1) is 23.9 Å². The fourth-order valence-corrected chi connectivity index (χ4v) is 5.89. The molecule has 3 aliphatic heterocycles. The number of amides is 1. The number of aliphatic imine (C=N–C) groups is 1. The minimum atomic E-state index is -0.186. The number of benzene rings is 3. The first-order valence-electron chi connectivity index (χ1n) is 13.8. The minimum Gasteiger partial charge on any atom is -0.493 e. The number of carbonyl (C=O) groups excluding carboxylic acids is 1. The van der Waals surface area contributed by atoms with Gasteiger partial charge in [-0.3, -0.25) is 14.7 Å². The summed E-state index contributed by atoms with van der Waals surface area (Å²) in [6, 6.07) is 15.1. The number of rotatable bonds is 7. The standard InChI is InChI=1S/C31H35FN4O2/c1-22-17-23-18-28-29(33-21-27-5-4-11-36(27)31(28)37)19-24(23)20-30(22)38-16-3-2-10-34-12-14-35(15-13-34)26-8-6-25(32)7-9-26/h6-9,17-21,27H,2-5,10-16H2,1H3/t27-/m0/s1. The molecule has 3 heterocycles. The lowest BCUT2D eigenvalue weighted by molar-refractivity contribution is 0.0775. The van der Waals surface area contributed by atoms with Gasteiger partial charge in [0.15, 0.2) is 0 Å². The van der Waals surface area contributed by atoms with Crippen molar-refractivity contribution in [1.82, 2.24) is 9.80 Å². The molecule has 0 N–H and O–H groups in total. The Balaban J connectivity index is 1.01. The molecule has 0 bridgehead atoms. The molecule has 0 aliphatic carbocycles. The normalized spacial score (nSPS) is 19.5. The fraction of sp³-hybridized carbons (Fsp3) is 0.419. The summed E-state index contributed by atoms with van der Waals surface area (Å²) in [7, 11) is 0. The Hall–Kier alpha value is -3.45. The SMILES string of the molecule is Cc1cc2cc3c(cc2cc1OCCCCN1CCN(c2ccc(F)cc2)CC1)N=C[C@@H]1CCCN1C3=O. The Morgan fingerprint density at radius 1 is 0.974 bits per heavy atom. The van der Waals surface area contributed by atoms with E-state index in [9.17, 15) is 9.18 Å². The lowest BCUT2D eigenvalue weighted by Crippen LogP contribution is -2.46. The number of fused-ring (bicyclic) bond motifs is 3. The van der Waals surface area contributed by atoms with Crippen LogP contribution in [0, 0.1) is 12.7 Å². The summed E-state index contributed by atoms with van der Waals surface area (Å²) in [6.45, 7) is 8.61. The molecule has 7 heteroatoms. The van der Waals surface area contributed by atoms with Gasteiger partial charge in [-0.05, 0) is 104 Å². The van der Waals surface area contributed by atoms with E-state index < -0.39 is 0 Å². The highest BCUT2D eigenvalue weighted by Gasteiger charge is 2.31. The van der Waals surface area contributed by atoms with Crippen LogP contribution in [-0.4, -0.2) is 73.8 Å². The van der Waals surface area contributed by atoms with Crippen molar-refractivity contribution >= 4 is 34.3 Å². The summed E-state index contributed by atoms with van der Waals surface area (Å²) in [5, 5.41) is 2.10. The van der Waals surface area contributed by atoms with E-state index in [0.29, 0.717) is 12.2 Å². The molecule has 0 unspecified atom stereocenters. The maximum atomic E-state index is 13.2. The van der Waals surface area contributed by atoms with Crippen LogP contribution in [0.1, 0.15) is 41.6 Å². The molecule has 0 spiro atoms. The number of anilines is 1. The summed E-state index contributed by atoms with van der Waals surface area (Å²) in [5.41, 5.74) is 3.63. The Bertz CT molecular complexity index is 1350. The molecule has 38 heavy (non-hydrogen) atoms. The van der Waals surface area contributed by atoms with E-state index >= 15 is 0 Å². The Morgan fingerprint density at radius 2 is 1.76 bits per heavy atom. The van der Waals surface area contributed by atoms with E-state index in [0.717, 1.165) is 98.4 Å². The third kappa shape index (κ3) is 5.12. The van der Waals surface area contributed by atoms with Crippen LogP contribution in [0.15, 0.2) is 53.5 Å². The van der Waals surface area contributed by atoms with Gasteiger partial charge in [-0.15, -0.1) is 0 Å². The van der Waals surface area contributed by atoms with E-state index in [1.807, 2.05) is 35.4 Å². The largest absolute Gasteiger partial charge is 0.493 e. The second-order valence-electron chi connectivity index (χ2n) is 10.7. The average molecular weight is 515 g/mol. The molecule has 3 aliphatic rings. The van der Waals surface area contributed by atoms with Crippen molar-refractivity contribution in [1.29, 1.82) is 0 Å². The van der Waals surface area contributed by atoms with Gasteiger partial charge < -0.3 is 14.5 Å². The highest BCUT2D eigenvalue weighted by Crippen LogP contribution is 2.35. The zero-order valence-corrected chi connectivity index (χ0v) is 22.0. The Kier molecular flexibility index (Phi) is 7.02. The molecule has 1 atom stereocenters. The first kappa shape index (κ1) is 24.9. The first-order valence-corrected chi connectivity index (χ1v) is 13.8. The number of ether oxygens (including phenoxy) is 1. The van der Waals surface area contributed by atoms with Gasteiger partial charge in [-0.1, -0.05) is 0 Å². The van der Waals surface area contributed by atoms with E-state index in [1.54, 1.807) is 0 Å². The molecule has 0 aromatic heterocycles. The van der Waals surface area contributed by atoms with Gasteiger partial charge in [-0.2, -0.15) is 0 Å². The van der Waals surface area contributed by atoms with Crippen LogP contribution in [0.3, 0.4) is 0 Å². The summed E-state index contributed by atoms with van der Waals surface area (Å²) in [5.74, 6) is 0.806. The molecule has 0 radical (unpaired) electrons. The highest BCUT2D eigenvalue weighted by molar-refractivity contribution is 6.06.